The lowest BCUT2D eigenvalue weighted by Crippen LogP contribution is -2.07. The molecule has 0 N–H and O–H groups in total. The minimum atomic E-state index is 0.568. The normalized spacial score (nSPS) is 11.9. The summed E-state index contributed by atoms with van der Waals surface area (Å²) in [4.78, 5) is 10.4. The van der Waals surface area contributed by atoms with Crippen LogP contribution in [0.3, 0.4) is 0 Å². The van der Waals surface area contributed by atoms with Crippen molar-refractivity contribution >= 4 is 65.3 Å². The average molecular weight is 615 g/mol. The molecule has 0 aliphatic rings. The van der Waals surface area contributed by atoms with E-state index in [0.29, 0.717) is 6.54 Å². The number of aromatic nitrogens is 4. The van der Waals surface area contributed by atoms with Gasteiger partial charge in [0.2, 0.25) is 0 Å². The van der Waals surface area contributed by atoms with E-state index in [2.05, 4.69) is 167 Å². The molecule has 7 aromatic carbocycles. The lowest BCUT2D eigenvalue weighted by atomic mass is 10.1. The molecule has 3 aromatic heterocycles. The summed E-state index contributed by atoms with van der Waals surface area (Å²) in [6, 6.07) is 56.5. The molecule has 3 heterocycles. The first-order valence-corrected chi connectivity index (χ1v) is 16.5. The Morgan fingerprint density at radius 2 is 1.19 bits per heavy atom. The van der Waals surface area contributed by atoms with Crippen LogP contribution in [0.25, 0.3) is 71.0 Å². The summed E-state index contributed by atoms with van der Waals surface area (Å²) in [5.74, 6) is 0.817. The molecular weight excluding hydrogens is 585 g/mol. The van der Waals surface area contributed by atoms with Crippen LogP contribution >= 0.6 is 0 Å². The fraction of sp³-hybridized carbons (Fsp3) is 0.0455. The minimum Gasteiger partial charge on any atom is -0.333 e. The van der Waals surface area contributed by atoms with E-state index in [4.69, 9.17) is 9.97 Å². The fourth-order valence-corrected chi connectivity index (χ4v) is 7.67. The highest BCUT2D eigenvalue weighted by molar-refractivity contribution is 6.25. The molecule has 48 heavy (non-hydrogen) atoms. The monoisotopic (exact) mass is 614 g/mol. The van der Waals surface area contributed by atoms with E-state index in [1.807, 2.05) is 0 Å². The van der Waals surface area contributed by atoms with Crippen LogP contribution < -0.4 is 0 Å². The number of benzene rings is 7. The summed E-state index contributed by atoms with van der Waals surface area (Å²) in [6.07, 6.45) is 0.760. The number of fused-ring (bicyclic) bond motifs is 9. The number of para-hydroxylation sites is 3. The van der Waals surface area contributed by atoms with Crippen LogP contribution in [0.15, 0.2) is 158 Å². The van der Waals surface area contributed by atoms with E-state index in [1.165, 1.54) is 59.9 Å². The predicted octanol–water partition coefficient (Wildman–Crippen LogP) is 10.6. The molecule has 4 heteroatoms. The van der Waals surface area contributed by atoms with Gasteiger partial charge in [0, 0.05) is 44.6 Å². The molecule has 0 radical (unpaired) electrons. The molecule has 0 aliphatic heterocycles. The van der Waals surface area contributed by atoms with Gasteiger partial charge in [-0.3, -0.25) is 0 Å². The highest BCUT2D eigenvalue weighted by Crippen LogP contribution is 2.41. The van der Waals surface area contributed by atoms with Crippen molar-refractivity contribution in [2.45, 2.75) is 13.0 Å². The van der Waals surface area contributed by atoms with Gasteiger partial charge in [0.1, 0.15) is 5.82 Å². The van der Waals surface area contributed by atoms with Gasteiger partial charge in [-0.1, -0.05) is 121 Å². The Bertz CT molecular complexity index is 2840. The van der Waals surface area contributed by atoms with Crippen molar-refractivity contribution in [2.24, 2.45) is 0 Å². The van der Waals surface area contributed by atoms with Crippen molar-refractivity contribution in [3.8, 4) is 5.69 Å². The molecule has 0 saturated carbocycles. The summed E-state index contributed by atoms with van der Waals surface area (Å²) in [5, 5.41) is 8.56. The standard InChI is InChI=1S/C44H30N4/c1-2-12-29(13-3-1)26-38-35-17-6-9-19-37(35)45-42(46-38)28-47-39-20-10-8-18-36(39)43-41(47)25-24-34-33-16-7-11-21-40(33)48(44(34)43)32-23-22-30-14-4-5-15-31(30)27-32/h1-25,27H,26,28H2. The van der Waals surface area contributed by atoms with Crippen molar-refractivity contribution in [1.82, 2.24) is 19.1 Å². The average Bonchev–Trinajstić information content (AvgIpc) is 3.64. The third-order valence-electron chi connectivity index (χ3n) is 9.80. The molecule has 4 nitrogen and oxygen atoms in total. The van der Waals surface area contributed by atoms with Crippen LogP contribution in [-0.4, -0.2) is 19.1 Å². The highest BCUT2D eigenvalue weighted by Gasteiger charge is 2.21. The molecule has 0 unspecified atom stereocenters. The van der Waals surface area contributed by atoms with Gasteiger partial charge in [0.15, 0.2) is 0 Å². The maximum Gasteiger partial charge on any atom is 0.148 e. The van der Waals surface area contributed by atoms with Crippen LogP contribution in [0, 0.1) is 0 Å². The molecule has 0 amide bonds. The second kappa shape index (κ2) is 10.6. The first-order chi connectivity index (χ1) is 23.8. The van der Waals surface area contributed by atoms with Gasteiger partial charge in [-0.2, -0.15) is 0 Å². The smallest absolute Gasteiger partial charge is 0.148 e. The van der Waals surface area contributed by atoms with Gasteiger partial charge >= 0.3 is 0 Å². The number of hydrogen-bond acceptors (Lipinski definition) is 2. The van der Waals surface area contributed by atoms with Crippen LogP contribution in [0.2, 0.25) is 0 Å². The zero-order chi connectivity index (χ0) is 31.6. The second-order valence-electron chi connectivity index (χ2n) is 12.6. The van der Waals surface area contributed by atoms with E-state index in [1.54, 1.807) is 0 Å². The van der Waals surface area contributed by atoms with Crippen molar-refractivity contribution in [3.05, 3.63) is 175 Å². The molecule has 0 fully saturated rings. The minimum absolute atomic E-state index is 0.568. The largest absolute Gasteiger partial charge is 0.333 e. The first kappa shape index (κ1) is 26.9. The van der Waals surface area contributed by atoms with Crippen LogP contribution in [0.4, 0.5) is 0 Å². The molecule has 0 bridgehead atoms. The van der Waals surface area contributed by atoms with Crippen LogP contribution in [-0.2, 0) is 13.0 Å². The second-order valence-corrected chi connectivity index (χ2v) is 12.6. The zero-order valence-electron chi connectivity index (χ0n) is 26.2. The zero-order valence-corrected chi connectivity index (χ0v) is 26.2. The topological polar surface area (TPSA) is 35.6 Å². The summed E-state index contributed by atoms with van der Waals surface area (Å²) < 4.78 is 4.86. The lowest BCUT2D eigenvalue weighted by molar-refractivity contribution is 0.791. The van der Waals surface area contributed by atoms with E-state index >= 15 is 0 Å². The Balaban J connectivity index is 1.23. The molecule has 10 rings (SSSR count). The van der Waals surface area contributed by atoms with E-state index in [-0.39, 0.29) is 0 Å². The van der Waals surface area contributed by atoms with Gasteiger partial charge in [-0.05, 0) is 52.7 Å². The Kier molecular flexibility index (Phi) is 5.97. The summed E-state index contributed by atoms with van der Waals surface area (Å²) in [7, 11) is 0. The molecular formula is C44H30N4. The van der Waals surface area contributed by atoms with Crippen molar-refractivity contribution in [1.29, 1.82) is 0 Å². The van der Waals surface area contributed by atoms with Gasteiger partial charge in [0.25, 0.3) is 0 Å². The van der Waals surface area contributed by atoms with Crippen molar-refractivity contribution in [2.75, 3.05) is 0 Å². The highest BCUT2D eigenvalue weighted by atomic mass is 15.0. The van der Waals surface area contributed by atoms with Gasteiger partial charge in [0.05, 0.1) is 34.3 Å². The molecule has 0 aliphatic carbocycles. The maximum absolute atomic E-state index is 5.24. The van der Waals surface area contributed by atoms with Crippen LogP contribution in [0.5, 0.6) is 0 Å². The molecule has 10 aromatic rings. The molecule has 0 atom stereocenters. The third kappa shape index (κ3) is 4.16. The Morgan fingerprint density at radius 3 is 2.06 bits per heavy atom. The molecule has 0 saturated heterocycles. The Labute approximate surface area is 277 Å². The van der Waals surface area contributed by atoms with Crippen molar-refractivity contribution in [3.63, 3.8) is 0 Å². The predicted molar refractivity (Wildman–Crippen MR) is 199 cm³/mol. The number of rotatable bonds is 5. The van der Waals surface area contributed by atoms with E-state index in [9.17, 15) is 0 Å². The third-order valence-corrected chi connectivity index (χ3v) is 9.80. The Morgan fingerprint density at radius 1 is 0.479 bits per heavy atom. The maximum atomic E-state index is 5.24. The SMILES string of the molecule is c1ccc(Cc2nc(Cn3c4ccccc4c4c3ccc3c5ccccc5n(-c5ccc6ccccc6c5)c34)nc3ccccc23)cc1. The summed E-state index contributed by atoms with van der Waals surface area (Å²) in [6.45, 7) is 0.568. The summed E-state index contributed by atoms with van der Waals surface area (Å²) >= 11 is 0. The number of nitrogens with zero attached hydrogens (tertiary/aromatic N) is 4. The Hall–Kier alpha value is -6.26. The van der Waals surface area contributed by atoms with E-state index in [0.717, 1.165) is 34.5 Å². The van der Waals surface area contributed by atoms with E-state index < -0.39 is 0 Å². The molecule has 0 spiro atoms. The van der Waals surface area contributed by atoms with Gasteiger partial charge in [-0.15, -0.1) is 0 Å². The van der Waals surface area contributed by atoms with Gasteiger partial charge < -0.3 is 9.13 Å². The number of hydrogen-bond donors (Lipinski definition) is 0. The lowest BCUT2D eigenvalue weighted by Gasteiger charge is -2.12. The quantitative estimate of drug-likeness (QED) is 0.193. The summed E-state index contributed by atoms with van der Waals surface area (Å²) in [5.41, 5.74) is 9.22. The molecule has 226 valence electrons. The van der Waals surface area contributed by atoms with Gasteiger partial charge in [-0.25, -0.2) is 9.97 Å². The van der Waals surface area contributed by atoms with Crippen molar-refractivity contribution < 1.29 is 0 Å². The first-order valence-electron chi connectivity index (χ1n) is 16.5. The van der Waals surface area contributed by atoms with Crippen LogP contribution in [0.1, 0.15) is 17.1 Å². The fourth-order valence-electron chi connectivity index (χ4n) is 7.67.